The van der Waals surface area contributed by atoms with Crippen LogP contribution in [0.1, 0.15) is 53.4 Å². The summed E-state index contributed by atoms with van der Waals surface area (Å²) in [6.45, 7) is 6.26. The maximum Gasteiger partial charge on any atom is 0.253 e. The predicted octanol–water partition coefficient (Wildman–Crippen LogP) is 3.89. The summed E-state index contributed by atoms with van der Waals surface area (Å²) in [7, 11) is 0. The van der Waals surface area contributed by atoms with Crippen LogP contribution in [0.15, 0.2) is 47.3 Å². The van der Waals surface area contributed by atoms with Crippen LogP contribution in [0, 0.1) is 19.7 Å². The molecular weight excluding hydrogens is 419 g/mol. The van der Waals surface area contributed by atoms with Crippen molar-refractivity contribution in [1.82, 2.24) is 30.1 Å². The monoisotopic (exact) mass is 446 g/mol. The molecule has 0 spiro atoms. The first-order valence-electron chi connectivity index (χ1n) is 11.4. The fourth-order valence-corrected chi connectivity index (χ4v) is 4.66. The van der Waals surface area contributed by atoms with E-state index < -0.39 is 0 Å². The second-order valence-corrected chi connectivity index (χ2v) is 8.90. The first kappa shape index (κ1) is 21.5. The molecule has 1 N–H and O–H groups in total. The number of rotatable bonds is 5. The molecular formula is C25H27FN6O. The Morgan fingerprint density at radius 2 is 1.76 bits per heavy atom. The van der Waals surface area contributed by atoms with Crippen LogP contribution in [0.3, 0.4) is 0 Å². The zero-order valence-corrected chi connectivity index (χ0v) is 18.9. The molecule has 0 radical (unpaired) electrons. The van der Waals surface area contributed by atoms with Gasteiger partial charge in [0.1, 0.15) is 11.9 Å². The molecule has 1 atom stereocenters. The van der Waals surface area contributed by atoms with Crippen LogP contribution >= 0.6 is 0 Å². The summed E-state index contributed by atoms with van der Waals surface area (Å²) in [5.41, 5.74) is 4.55. The minimum absolute atomic E-state index is 0.127. The fourth-order valence-electron chi connectivity index (χ4n) is 4.66. The molecule has 0 saturated carbocycles. The Hall–Kier alpha value is -3.39. The van der Waals surface area contributed by atoms with E-state index >= 15 is 0 Å². The van der Waals surface area contributed by atoms with Crippen molar-refractivity contribution in [2.75, 3.05) is 13.1 Å². The SMILES string of the molecule is Cc1cc2cc([C@@H](c3nnnn3Cc3ccc(F)cc3)N3CCCCC3)c(=O)[nH]c2cc1C. The number of hydrogen-bond donors (Lipinski definition) is 1. The summed E-state index contributed by atoms with van der Waals surface area (Å²) in [6, 6.07) is 12.1. The smallest absolute Gasteiger partial charge is 0.253 e. The molecule has 2 aromatic heterocycles. The zero-order chi connectivity index (χ0) is 22.9. The van der Waals surface area contributed by atoms with Crippen LogP contribution in [-0.2, 0) is 6.54 Å². The minimum Gasteiger partial charge on any atom is -0.322 e. The zero-order valence-electron chi connectivity index (χ0n) is 18.9. The van der Waals surface area contributed by atoms with Gasteiger partial charge in [-0.05, 0) is 103 Å². The second kappa shape index (κ2) is 8.86. The molecule has 3 heterocycles. The topological polar surface area (TPSA) is 79.7 Å². The summed E-state index contributed by atoms with van der Waals surface area (Å²) in [4.78, 5) is 18.7. The summed E-state index contributed by atoms with van der Waals surface area (Å²) >= 11 is 0. The van der Waals surface area contributed by atoms with Gasteiger partial charge in [-0.25, -0.2) is 9.07 Å². The molecule has 0 bridgehead atoms. The summed E-state index contributed by atoms with van der Waals surface area (Å²) < 4.78 is 15.1. The number of piperidine rings is 1. The third-order valence-electron chi connectivity index (χ3n) is 6.59. The minimum atomic E-state index is -0.365. The van der Waals surface area contributed by atoms with E-state index in [-0.39, 0.29) is 17.4 Å². The van der Waals surface area contributed by atoms with Crippen LogP contribution in [0.2, 0.25) is 0 Å². The molecule has 0 aliphatic carbocycles. The molecule has 4 aromatic rings. The molecule has 2 aromatic carbocycles. The number of aromatic nitrogens is 5. The Bertz CT molecular complexity index is 1340. The van der Waals surface area contributed by atoms with Crippen LogP contribution in [0.4, 0.5) is 4.39 Å². The number of nitrogens with zero attached hydrogens (tertiary/aromatic N) is 5. The standard InChI is InChI=1S/C25H27FN6O/c1-16-12-19-14-21(25(33)27-22(19)13-17(16)2)23(31-10-4-3-5-11-31)24-28-29-30-32(24)15-18-6-8-20(26)9-7-18/h6-9,12-14,23H,3-5,10-11,15H2,1-2H3,(H,27,33)/t23-/m0/s1. The van der Waals surface area contributed by atoms with Crippen molar-refractivity contribution in [3.8, 4) is 0 Å². The molecule has 7 nitrogen and oxygen atoms in total. The first-order valence-corrected chi connectivity index (χ1v) is 11.4. The number of fused-ring (bicyclic) bond motifs is 1. The number of aryl methyl sites for hydroxylation is 2. The molecule has 1 aliphatic rings. The van der Waals surface area contributed by atoms with Gasteiger partial charge >= 0.3 is 0 Å². The molecule has 33 heavy (non-hydrogen) atoms. The normalized spacial score (nSPS) is 15.7. The number of tetrazole rings is 1. The highest BCUT2D eigenvalue weighted by Crippen LogP contribution is 2.30. The van der Waals surface area contributed by atoms with Gasteiger partial charge < -0.3 is 4.98 Å². The molecule has 0 amide bonds. The Morgan fingerprint density at radius 1 is 1.03 bits per heavy atom. The van der Waals surface area contributed by atoms with E-state index in [1.165, 1.54) is 24.1 Å². The highest BCUT2D eigenvalue weighted by atomic mass is 19.1. The maximum atomic E-state index is 13.4. The number of H-pyrrole nitrogens is 1. The molecule has 170 valence electrons. The Balaban J connectivity index is 1.62. The highest BCUT2D eigenvalue weighted by molar-refractivity contribution is 5.81. The van der Waals surface area contributed by atoms with E-state index in [0.717, 1.165) is 48.0 Å². The fraction of sp³-hybridized carbons (Fsp3) is 0.360. The molecule has 8 heteroatoms. The van der Waals surface area contributed by atoms with Crippen molar-refractivity contribution in [1.29, 1.82) is 0 Å². The Kier molecular flexibility index (Phi) is 5.76. The lowest BCUT2D eigenvalue weighted by molar-refractivity contribution is 0.177. The van der Waals surface area contributed by atoms with Gasteiger partial charge in [-0.3, -0.25) is 9.69 Å². The van der Waals surface area contributed by atoms with Crippen LogP contribution in [0.25, 0.3) is 10.9 Å². The highest BCUT2D eigenvalue weighted by Gasteiger charge is 2.31. The van der Waals surface area contributed by atoms with E-state index in [1.807, 2.05) is 19.1 Å². The van der Waals surface area contributed by atoms with E-state index in [2.05, 4.69) is 38.4 Å². The van der Waals surface area contributed by atoms with Crippen LogP contribution < -0.4 is 5.56 Å². The number of halogens is 1. The number of benzene rings is 2. The summed E-state index contributed by atoms with van der Waals surface area (Å²) in [5, 5.41) is 13.5. The molecule has 1 fully saturated rings. The van der Waals surface area contributed by atoms with Gasteiger partial charge in [-0.15, -0.1) is 5.10 Å². The quantitative estimate of drug-likeness (QED) is 0.503. The number of hydrogen-bond acceptors (Lipinski definition) is 5. The number of pyridine rings is 1. The van der Waals surface area contributed by atoms with Gasteiger partial charge in [0, 0.05) is 11.1 Å². The van der Waals surface area contributed by atoms with Crippen molar-refractivity contribution >= 4 is 10.9 Å². The van der Waals surface area contributed by atoms with Gasteiger partial charge in [0.15, 0.2) is 5.82 Å². The maximum absolute atomic E-state index is 13.4. The Labute approximate surface area is 191 Å². The molecule has 5 rings (SSSR count). The number of nitrogens with one attached hydrogen (secondary N) is 1. The van der Waals surface area contributed by atoms with Crippen molar-refractivity contribution in [3.63, 3.8) is 0 Å². The first-order chi connectivity index (χ1) is 16.0. The predicted molar refractivity (Wildman–Crippen MR) is 125 cm³/mol. The van der Waals surface area contributed by atoms with E-state index in [1.54, 1.807) is 16.8 Å². The molecule has 1 saturated heterocycles. The van der Waals surface area contributed by atoms with Gasteiger partial charge in [-0.2, -0.15) is 0 Å². The number of likely N-dealkylation sites (tertiary alicyclic amines) is 1. The largest absolute Gasteiger partial charge is 0.322 e. The third-order valence-corrected chi connectivity index (χ3v) is 6.59. The van der Waals surface area contributed by atoms with Crippen LogP contribution in [-0.4, -0.2) is 43.2 Å². The van der Waals surface area contributed by atoms with E-state index in [0.29, 0.717) is 17.9 Å². The molecule has 1 aliphatic heterocycles. The third kappa shape index (κ3) is 4.30. The Morgan fingerprint density at radius 3 is 2.52 bits per heavy atom. The van der Waals surface area contributed by atoms with Crippen molar-refractivity contribution in [2.45, 2.75) is 45.7 Å². The van der Waals surface area contributed by atoms with Gasteiger partial charge in [0.05, 0.1) is 6.54 Å². The van der Waals surface area contributed by atoms with E-state index in [4.69, 9.17) is 0 Å². The lowest BCUT2D eigenvalue weighted by Gasteiger charge is -2.33. The lowest BCUT2D eigenvalue weighted by Crippen LogP contribution is -2.38. The molecule has 0 unspecified atom stereocenters. The van der Waals surface area contributed by atoms with Gasteiger partial charge in [-0.1, -0.05) is 18.6 Å². The number of aromatic amines is 1. The van der Waals surface area contributed by atoms with E-state index in [9.17, 15) is 9.18 Å². The van der Waals surface area contributed by atoms with Gasteiger partial charge in [0.25, 0.3) is 5.56 Å². The van der Waals surface area contributed by atoms with Crippen LogP contribution in [0.5, 0.6) is 0 Å². The van der Waals surface area contributed by atoms with Crippen molar-refractivity contribution in [3.05, 3.63) is 86.7 Å². The summed E-state index contributed by atoms with van der Waals surface area (Å²) in [5.74, 6) is 0.338. The second-order valence-electron chi connectivity index (χ2n) is 8.90. The average Bonchev–Trinajstić information content (AvgIpc) is 3.26. The van der Waals surface area contributed by atoms with Crippen molar-refractivity contribution < 1.29 is 4.39 Å². The summed E-state index contributed by atoms with van der Waals surface area (Å²) in [6.07, 6.45) is 3.32. The average molecular weight is 447 g/mol. The lowest BCUT2D eigenvalue weighted by atomic mass is 9.99. The van der Waals surface area contributed by atoms with Gasteiger partial charge in [0.2, 0.25) is 0 Å². The van der Waals surface area contributed by atoms with Crippen molar-refractivity contribution in [2.24, 2.45) is 0 Å².